The van der Waals surface area contributed by atoms with Gasteiger partial charge in [0.2, 0.25) is 5.91 Å². The molecule has 3 aliphatic heterocycles. The second-order valence-corrected chi connectivity index (χ2v) is 17.5. The van der Waals surface area contributed by atoms with Gasteiger partial charge in [-0.1, -0.05) is 39.8 Å². The molecule has 14 nitrogen and oxygen atoms in total. The molecule has 0 radical (unpaired) electrons. The Morgan fingerprint density at radius 1 is 1.07 bits per heavy atom. The number of fused-ring (bicyclic) bond motifs is 6. The van der Waals surface area contributed by atoms with Crippen LogP contribution in [-0.2, 0) is 54.6 Å². The molecule has 5 heterocycles. The molecule has 0 spiro atoms. The van der Waals surface area contributed by atoms with Crippen molar-refractivity contribution < 1.29 is 33.8 Å². The highest BCUT2D eigenvalue weighted by Gasteiger charge is 2.37. The fourth-order valence-corrected chi connectivity index (χ4v) is 9.09. The average Bonchev–Trinajstić information content (AvgIpc) is 3.53. The molecule has 3 amide bonds. The Bertz CT molecular complexity index is 2250. The molecule has 4 N–H and O–H groups in total. The van der Waals surface area contributed by atoms with Crippen molar-refractivity contribution in [1.82, 2.24) is 35.7 Å². The number of piperidine rings is 1. The third-order valence-corrected chi connectivity index (χ3v) is 12.0. The molecule has 0 saturated carbocycles. The molecule has 3 aliphatic rings. The van der Waals surface area contributed by atoms with E-state index in [1.54, 1.807) is 30.3 Å². The fourth-order valence-electron chi connectivity index (χ4n) is 9.09. The maximum atomic E-state index is 14.5. The SMILES string of the molecule is CCn1c(-c2cnccc2COC)c2c3cc(ccc31)-c1cc(O)cc(c1)C[C@H](NNC(=O)[C@H](C(C)C)N1CCCCC1=O)C(=O)N1CCC[C@H](N1)C(=O)OCC(C)(C)C2. The number of likely N-dealkylation sites (tertiary alicyclic amines) is 1. The molecule has 6 bridgehead atoms. The van der Waals surface area contributed by atoms with Crippen LogP contribution in [0.5, 0.6) is 5.75 Å². The summed E-state index contributed by atoms with van der Waals surface area (Å²) in [6.07, 6.45) is 7.35. The van der Waals surface area contributed by atoms with Gasteiger partial charge in [-0.05, 0) is 110 Å². The number of aromatic hydroxyl groups is 1. The summed E-state index contributed by atoms with van der Waals surface area (Å²) >= 11 is 0. The van der Waals surface area contributed by atoms with Crippen LogP contribution >= 0.6 is 0 Å². The van der Waals surface area contributed by atoms with Gasteiger partial charge >= 0.3 is 5.97 Å². The third kappa shape index (κ3) is 9.05. The van der Waals surface area contributed by atoms with Crippen LogP contribution in [0.15, 0.2) is 54.9 Å². The zero-order valence-electron chi connectivity index (χ0n) is 35.7. The molecule has 2 fully saturated rings. The number of carbonyl (C=O) groups is 4. The van der Waals surface area contributed by atoms with E-state index in [9.17, 15) is 24.3 Å². The molecule has 14 heteroatoms. The van der Waals surface area contributed by atoms with Crippen LogP contribution in [0.1, 0.15) is 83.4 Å². The standard InChI is InChI=1S/C46H59N7O7/c1-7-51-39-14-13-30-23-34(39)35(42(51)36-25-47-16-15-31(36)26-59-6)24-46(4,5)27-60-45(58)37-11-10-18-53(50-37)44(57)38(21-29-19-32(30)22-33(54)20-29)48-49-43(56)41(28(2)3)52-17-9-8-12-40(52)55/h13-16,19-20,22-23,25,28,37-38,41,48,50,54H,7-12,17-18,21,24,26-27H2,1-6H3,(H,49,56)/t37-,38-,41-/m0/s1. The van der Waals surface area contributed by atoms with Crippen LogP contribution in [0.2, 0.25) is 0 Å². The summed E-state index contributed by atoms with van der Waals surface area (Å²) in [5.41, 5.74) is 15.8. The lowest BCUT2D eigenvalue weighted by atomic mass is 9.84. The quantitative estimate of drug-likeness (QED) is 0.126. The average molecular weight is 822 g/mol. The molecule has 2 aromatic carbocycles. The van der Waals surface area contributed by atoms with Crippen molar-refractivity contribution in [1.29, 1.82) is 0 Å². The van der Waals surface area contributed by atoms with Crippen molar-refractivity contribution >= 4 is 34.6 Å². The molecule has 3 atom stereocenters. The second-order valence-electron chi connectivity index (χ2n) is 17.5. The molecule has 0 unspecified atom stereocenters. The molecule has 60 heavy (non-hydrogen) atoms. The largest absolute Gasteiger partial charge is 0.508 e. The maximum absolute atomic E-state index is 14.5. The summed E-state index contributed by atoms with van der Waals surface area (Å²) in [5.74, 6) is -1.46. The van der Waals surface area contributed by atoms with Crippen molar-refractivity contribution in [3.63, 3.8) is 0 Å². The van der Waals surface area contributed by atoms with Crippen LogP contribution in [0, 0.1) is 11.3 Å². The van der Waals surface area contributed by atoms with Crippen molar-refractivity contribution in [2.75, 3.05) is 26.8 Å². The first-order valence-electron chi connectivity index (χ1n) is 21.3. The van der Waals surface area contributed by atoms with Gasteiger partial charge < -0.3 is 24.0 Å². The first kappa shape index (κ1) is 42.8. The zero-order chi connectivity index (χ0) is 42.7. The number of phenolic OH excluding ortho intramolecular Hbond substituents is 1. The highest BCUT2D eigenvalue weighted by molar-refractivity contribution is 5.95. The van der Waals surface area contributed by atoms with Gasteiger partial charge in [0.05, 0.1) is 18.9 Å². The first-order chi connectivity index (χ1) is 28.8. The van der Waals surface area contributed by atoms with Crippen LogP contribution < -0.4 is 16.3 Å². The van der Waals surface area contributed by atoms with E-state index >= 15 is 0 Å². The van der Waals surface area contributed by atoms with Crippen LogP contribution in [0.25, 0.3) is 33.3 Å². The first-order valence-corrected chi connectivity index (χ1v) is 21.3. The lowest BCUT2D eigenvalue weighted by Gasteiger charge is -2.37. The number of aryl methyl sites for hydroxylation is 1. The number of pyridine rings is 1. The van der Waals surface area contributed by atoms with Crippen LogP contribution in [0.3, 0.4) is 0 Å². The number of aromatic nitrogens is 2. The number of carbonyl (C=O) groups excluding carboxylic acids is 4. The lowest BCUT2D eigenvalue weighted by Crippen LogP contribution is -2.63. The minimum absolute atomic E-state index is 0.0300. The number of rotatable bonds is 9. The molecule has 4 aromatic rings. The van der Waals surface area contributed by atoms with Gasteiger partial charge in [0.1, 0.15) is 23.9 Å². The maximum Gasteiger partial charge on any atom is 0.324 e. The number of hydrogen-bond donors (Lipinski definition) is 4. The smallest absolute Gasteiger partial charge is 0.324 e. The minimum atomic E-state index is -1.01. The molecule has 320 valence electrons. The van der Waals surface area contributed by atoms with E-state index in [1.807, 2.05) is 38.2 Å². The van der Waals surface area contributed by atoms with Gasteiger partial charge in [-0.25, -0.2) is 10.9 Å². The van der Waals surface area contributed by atoms with Crippen molar-refractivity contribution in [2.45, 2.75) is 111 Å². The van der Waals surface area contributed by atoms with E-state index in [-0.39, 0.29) is 30.6 Å². The predicted octanol–water partition coefficient (Wildman–Crippen LogP) is 5.43. The highest BCUT2D eigenvalue weighted by atomic mass is 16.5. The van der Waals surface area contributed by atoms with E-state index in [0.29, 0.717) is 57.5 Å². The van der Waals surface area contributed by atoms with Crippen molar-refractivity contribution in [3.05, 3.63) is 71.5 Å². The van der Waals surface area contributed by atoms with Gasteiger partial charge in [-0.2, -0.15) is 0 Å². The lowest BCUT2D eigenvalue weighted by molar-refractivity contribution is -0.155. The number of hydrogen-bond acceptors (Lipinski definition) is 10. The second kappa shape index (κ2) is 18.1. The van der Waals surface area contributed by atoms with Crippen molar-refractivity contribution in [2.24, 2.45) is 11.3 Å². The van der Waals surface area contributed by atoms with E-state index in [4.69, 9.17) is 9.47 Å². The van der Waals surface area contributed by atoms with E-state index in [0.717, 1.165) is 57.3 Å². The van der Waals surface area contributed by atoms with Gasteiger partial charge in [0, 0.05) is 67.4 Å². The zero-order valence-corrected chi connectivity index (χ0v) is 35.7. The number of nitrogens with one attached hydrogen (secondary N) is 3. The summed E-state index contributed by atoms with van der Waals surface area (Å²) in [7, 11) is 1.68. The number of methoxy groups -OCH3 is 1. The van der Waals surface area contributed by atoms with E-state index in [1.165, 1.54) is 5.01 Å². The number of amides is 3. The van der Waals surface area contributed by atoms with Crippen LogP contribution in [0.4, 0.5) is 0 Å². The number of esters is 1. The topological polar surface area (TPSA) is 167 Å². The summed E-state index contributed by atoms with van der Waals surface area (Å²) in [6, 6.07) is 11.1. The van der Waals surface area contributed by atoms with E-state index < -0.39 is 41.3 Å². The number of nitrogens with zero attached hydrogens (tertiary/aromatic N) is 4. The monoisotopic (exact) mass is 821 g/mol. The third-order valence-electron chi connectivity index (χ3n) is 12.0. The predicted molar refractivity (Wildman–Crippen MR) is 228 cm³/mol. The molecule has 7 rings (SSSR count). The Hall–Kier alpha value is -5.31. The molecular weight excluding hydrogens is 763 g/mol. The summed E-state index contributed by atoms with van der Waals surface area (Å²) in [5, 5.41) is 13.7. The molecule has 2 aromatic heterocycles. The number of phenols is 1. The van der Waals surface area contributed by atoms with Gasteiger partial charge in [0.25, 0.3) is 11.8 Å². The number of hydrazine groups is 2. The Morgan fingerprint density at radius 3 is 2.63 bits per heavy atom. The van der Waals surface area contributed by atoms with E-state index in [2.05, 4.69) is 58.7 Å². The van der Waals surface area contributed by atoms with Gasteiger partial charge in [-0.3, -0.25) is 34.6 Å². The van der Waals surface area contributed by atoms with Gasteiger partial charge in [-0.15, -0.1) is 0 Å². The highest BCUT2D eigenvalue weighted by Crippen LogP contribution is 2.41. The Labute approximate surface area is 351 Å². The van der Waals surface area contributed by atoms with Gasteiger partial charge in [0.15, 0.2) is 0 Å². The number of ether oxygens (including phenoxy) is 2. The normalized spacial score (nSPS) is 20.6. The molecule has 0 aliphatic carbocycles. The van der Waals surface area contributed by atoms with Crippen LogP contribution in [-0.4, -0.2) is 93.2 Å². The summed E-state index contributed by atoms with van der Waals surface area (Å²) < 4.78 is 14.0. The minimum Gasteiger partial charge on any atom is -0.508 e. The summed E-state index contributed by atoms with van der Waals surface area (Å²) in [4.78, 5) is 61.2. The Kier molecular flexibility index (Phi) is 12.9. The fraction of sp³-hybridized carbons (Fsp3) is 0.500. The number of cyclic esters (lactones) is 1. The van der Waals surface area contributed by atoms with Crippen molar-refractivity contribution in [3.8, 4) is 28.1 Å². The summed E-state index contributed by atoms with van der Waals surface area (Å²) in [6.45, 7) is 12.1. The molecule has 2 saturated heterocycles. The molecular formula is C46H59N7O7. The Morgan fingerprint density at radius 2 is 1.88 bits per heavy atom. The Balaban J connectivity index is 1.32. The number of benzene rings is 2.